The van der Waals surface area contributed by atoms with Gasteiger partial charge in [-0.1, -0.05) is 27.7 Å². The molecule has 30 heavy (non-hydrogen) atoms. The van der Waals surface area contributed by atoms with Gasteiger partial charge in [0.1, 0.15) is 5.78 Å². The molecule has 4 heteroatoms. The third kappa shape index (κ3) is 3.27. The van der Waals surface area contributed by atoms with Crippen molar-refractivity contribution in [3.63, 3.8) is 0 Å². The Labute approximate surface area is 182 Å². The minimum atomic E-state index is -0.697. The van der Waals surface area contributed by atoms with E-state index in [1.54, 1.807) is 0 Å². The Morgan fingerprint density at radius 3 is 2.40 bits per heavy atom. The van der Waals surface area contributed by atoms with Crippen LogP contribution in [0.15, 0.2) is 0 Å². The number of hydrogen-bond donors (Lipinski definition) is 2. The Morgan fingerprint density at radius 2 is 1.73 bits per heavy atom. The summed E-state index contributed by atoms with van der Waals surface area (Å²) in [6.45, 7) is 9.28. The molecule has 2 N–H and O–H groups in total. The Kier molecular flexibility index (Phi) is 5.87. The van der Waals surface area contributed by atoms with Gasteiger partial charge >= 0.3 is 5.97 Å². The number of aliphatic hydroxyl groups excluding tert-OH is 1. The molecular formula is C26H42O4. The van der Waals surface area contributed by atoms with Gasteiger partial charge < -0.3 is 10.2 Å². The van der Waals surface area contributed by atoms with E-state index < -0.39 is 5.97 Å². The zero-order chi connectivity index (χ0) is 21.8. The number of carbonyl (C=O) groups excluding carboxylic acids is 1. The fourth-order valence-electron chi connectivity index (χ4n) is 9.16. The second kappa shape index (κ2) is 7.90. The van der Waals surface area contributed by atoms with Crippen LogP contribution in [0.3, 0.4) is 0 Å². The minimum Gasteiger partial charge on any atom is -0.481 e. The zero-order valence-corrected chi connectivity index (χ0v) is 19.4. The summed E-state index contributed by atoms with van der Waals surface area (Å²) in [5.41, 5.74) is 0.358. The molecule has 0 radical (unpaired) electrons. The molecule has 0 aromatic heterocycles. The van der Waals surface area contributed by atoms with Gasteiger partial charge in [0.15, 0.2) is 0 Å². The van der Waals surface area contributed by atoms with E-state index in [-0.39, 0.29) is 35.2 Å². The van der Waals surface area contributed by atoms with Crippen LogP contribution in [-0.2, 0) is 9.59 Å². The van der Waals surface area contributed by atoms with Crippen LogP contribution >= 0.6 is 0 Å². The first-order valence-electron chi connectivity index (χ1n) is 12.6. The van der Waals surface area contributed by atoms with Crippen molar-refractivity contribution in [2.24, 2.45) is 52.3 Å². The topological polar surface area (TPSA) is 74.6 Å². The number of carboxylic acids is 1. The lowest BCUT2D eigenvalue weighted by molar-refractivity contribution is -0.173. The predicted molar refractivity (Wildman–Crippen MR) is 117 cm³/mol. The molecule has 0 heterocycles. The molecule has 4 aliphatic rings. The number of ketones is 1. The number of hydrogen-bond acceptors (Lipinski definition) is 3. The molecule has 4 rings (SSSR count). The monoisotopic (exact) mass is 418 g/mol. The first-order chi connectivity index (χ1) is 14.1. The number of fused-ring (bicyclic) bond motifs is 5. The van der Waals surface area contributed by atoms with Crippen LogP contribution in [0, 0.1) is 52.3 Å². The molecule has 4 saturated carbocycles. The largest absolute Gasteiger partial charge is 0.481 e. The Hall–Kier alpha value is -0.900. The number of carbonyl (C=O) groups is 2. The van der Waals surface area contributed by atoms with Gasteiger partial charge in [-0.2, -0.15) is 0 Å². The van der Waals surface area contributed by atoms with Crippen LogP contribution in [0.1, 0.15) is 91.9 Å². The quantitative estimate of drug-likeness (QED) is 0.633. The van der Waals surface area contributed by atoms with Gasteiger partial charge in [0.25, 0.3) is 0 Å². The Balaban J connectivity index is 1.62. The van der Waals surface area contributed by atoms with E-state index in [0.29, 0.717) is 35.4 Å². The average molecular weight is 419 g/mol. The second-order valence-electron chi connectivity index (χ2n) is 11.8. The fraction of sp³-hybridized carbons (Fsp3) is 0.923. The molecule has 0 bridgehead atoms. The molecule has 0 amide bonds. The van der Waals surface area contributed by atoms with Gasteiger partial charge in [-0.3, -0.25) is 9.59 Å². The van der Waals surface area contributed by atoms with Crippen LogP contribution in [0.4, 0.5) is 0 Å². The summed E-state index contributed by atoms with van der Waals surface area (Å²) in [4.78, 5) is 25.0. The molecular weight excluding hydrogens is 376 g/mol. The van der Waals surface area contributed by atoms with Crippen LogP contribution < -0.4 is 0 Å². The number of rotatable bonds is 5. The average Bonchev–Trinajstić information content (AvgIpc) is 3.05. The molecule has 0 saturated heterocycles. The van der Waals surface area contributed by atoms with Gasteiger partial charge in [0, 0.05) is 18.3 Å². The summed E-state index contributed by atoms with van der Waals surface area (Å²) >= 11 is 0. The third-order valence-electron chi connectivity index (χ3n) is 10.7. The van der Waals surface area contributed by atoms with E-state index in [9.17, 15) is 14.7 Å². The molecule has 1 unspecified atom stereocenters. The highest BCUT2D eigenvalue weighted by Crippen LogP contribution is 2.68. The lowest BCUT2D eigenvalue weighted by Crippen LogP contribution is -2.60. The van der Waals surface area contributed by atoms with Crippen LogP contribution in [-0.4, -0.2) is 28.1 Å². The molecule has 10 atom stereocenters. The first-order valence-corrected chi connectivity index (χ1v) is 12.6. The van der Waals surface area contributed by atoms with Crippen LogP contribution in [0.25, 0.3) is 0 Å². The maximum atomic E-state index is 13.9. The number of aliphatic carboxylic acids is 1. The fourth-order valence-corrected chi connectivity index (χ4v) is 9.16. The number of carboxylic acid groups (broad SMARTS) is 1. The van der Waals surface area contributed by atoms with Gasteiger partial charge in [-0.15, -0.1) is 0 Å². The zero-order valence-electron chi connectivity index (χ0n) is 19.4. The molecule has 4 aliphatic carbocycles. The molecule has 4 nitrogen and oxygen atoms in total. The highest BCUT2D eigenvalue weighted by Gasteiger charge is 2.65. The smallest absolute Gasteiger partial charge is 0.303 e. The molecule has 0 aliphatic heterocycles. The molecule has 170 valence electrons. The minimum absolute atomic E-state index is 0.108. The van der Waals surface area contributed by atoms with Crippen molar-refractivity contribution in [1.29, 1.82) is 0 Å². The van der Waals surface area contributed by atoms with Crippen molar-refractivity contribution in [1.82, 2.24) is 0 Å². The highest BCUT2D eigenvalue weighted by molar-refractivity contribution is 5.86. The van der Waals surface area contributed by atoms with Crippen molar-refractivity contribution in [2.75, 3.05) is 0 Å². The van der Waals surface area contributed by atoms with Crippen molar-refractivity contribution < 1.29 is 19.8 Å². The first kappa shape index (κ1) is 22.3. The van der Waals surface area contributed by atoms with Gasteiger partial charge in [0.2, 0.25) is 0 Å². The molecule has 0 spiro atoms. The van der Waals surface area contributed by atoms with Gasteiger partial charge in [-0.25, -0.2) is 0 Å². The molecule has 4 fully saturated rings. The van der Waals surface area contributed by atoms with Gasteiger partial charge in [-0.05, 0) is 98.2 Å². The van der Waals surface area contributed by atoms with Crippen molar-refractivity contribution >= 4 is 11.8 Å². The molecule has 0 aromatic carbocycles. The SMILES string of the molecule is CC[C@H]1C(=O)[C@@H]2[C@H](CC[C@]3(C)[C@@H](C(C)CCC(=O)O)CC[C@@H]23)[C@@]2(C)CC[C@@H](O)C[C@@H]12. The molecule has 0 aromatic rings. The Bertz CT molecular complexity index is 689. The maximum absolute atomic E-state index is 13.9. The lowest BCUT2D eigenvalue weighted by atomic mass is 9.42. The van der Waals surface area contributed by atoms with E-state index in [4.69, 9.17) is 5.11 Å². The van der Waals surface area contributed by atoms with Crippen LogP contribution in [0.2, 0.25) is 0 Å². The predicted octanol–water partition coefficient (Wildman–Crippen LogP) is 5.32. The number of aliphatic hydroxyl groups is 1. The second-order valence-corrected chi connectivity index (χ2v) is 11.8. The standard InChI is InChI=1S/C26H42O4/c1-5-17-21-14-16(27)10-12-26(21,4)20-11-13-25(3)18(15(2)6-9-22(28)29)7-8-19(25)23(20)24(17)30/h15-21,23,27H,5-14H2,1-4H3,(H,28,29)/t15?,16-,17-,18-,19+,20+,21+,23+,25-,26-/m1/s1. The number of Topliss-reactive ketones (excluding diaryl/α,β-unsaturated/α-hetero) is 1. The van der Waals surface area contributed by atoms with E-state index in [1.165, 1.54) is 6.42 Å². The highest BCUT2D eigenvalue weighted by atomic mass is 16.4. The van der Waals surface area contributed by atoms with Crippen molar-refractivity contribution in [2.45, 2.75) is 98.0 Å². The summed E-state index contributed by atoms with van der Waals surface area (Å²) in [5.74, 6) is 2.31. The van der Waals surface area contributed by atoms with Gasteiger partial charge in [0.05, 0.1) is 6.10 Å². The lowest BCUT2D eigenvalue weighted by Gasteiger charge is -2.62. The summed E-state index contributed by atoms with van der Waals surface area (Å²) in [7, 11) is 0. The van der Waals surface area contributed by atoms with E-state index in [2.05, 4.69) is 27.7 Å². The van der Waals surface area contributed by atoms with E-state index in [1.807, 2.05) is 0 Å². The summed E-state index contributed by atoms with van der Waals surface area (Å²) < 4.78 is 0. The van der Waals surface area contributed by atoms with Crippen LogP contribution in [0.5, 0.6) is 0 Å². The van der Waals surface area contributed by atoms with E-state index >= 15 is 0 Å². The Morgan fingerprint density at radius 1 is 1.07 bits per heavy atom. The van der Waals surface area contributed by atoms with E-state index in [0.717, 1.165) is 51.4 Å². The van der Waals surface area contributed by atoms with Crippen molar-refractivity contribution in [3.05, 3.63) is 0 Å². The normalized spacial score (nSPS) is 49.1. The van der Waals surface area contributed by atoms with Crippen molar-refractivity contribution in [3.8, 4) is 0 Å². The third-order valence-corrected chi connectivity index (χ3v) is 10.7. The summed E-state index contributed by atoms with van der Waals surface area (Å²) in [5, 5.41) is 19.5. The summed E-state index contributed by atoms with van der Waals surface area (Å²) in [6, 6.07) is 0. The maximum Gasteiger partial charge on any atom is 0.303 e. The summed E-state index contributed by atoms with van der Waals surface area (Å²) in [6.07, 6.45) is 9.01.